The van der Waals surface area contributed by atoms with Crippen LogP contribution in [0.15, 0.2) is 11.6 Å². The van der Waals surface area contributed by atoms with Crippen LogP contribution in [0.2, 0.25) is 0 Å². The lowest BCUT2D eigenvalue weighted by atomic mass is 10.1. The van der Waals surface area contributed by atoms with E-state index in [0.717, 1.165) is 0 Å². The lowest BCUT2D eigenvalue weighted by Crippen LogP contribution is -1.76. The van der Waals surface area contributed by atoms with Gasteiger partial charge >= 0.3 is 0 Å². The molecular formula is C11H21. The Morgan fingerprint density at radius 1 is 1.18 bits per heavy atom. The summed E-state index contributed by atoms with van der Waals surface area (Å²) in [4.78, 5) is 0. The van der Waals surface area contributed by atoms with E-state index in [1.807, 2.05) is 0 Å². The van der Waals surface area contributed by atoms with Gasteiger partial charge in [-0.3, -0.25) is 0 Å². The highest BCUT2D eigenvalue weighted by Gasteiger charge is 1.86. The summed E-state index contributed by atoms with van der Waals surface area (Å²) in [5, 5.41) is 0. The van der Waals surface area contributed by atoms with Crippen LogP contribution in [0.25, 0.3) is 0 Å². The summed E-state index contributed by atoms with van der Waals surface area (Å²) in [5.74, 6) is 0. The van der Waals surface area contributed by atoms with Crippen LogP contribution in [-0.2, 0) is 0 Å². The van der Waals surface area contributed by atoms with E-state index >= 15 is 0 Å². The molecule has 0 atom stereocenters. The van der Waals surface area contributed by atoms with E-state index < -0.39 is 0 Å². The number of rotatable bonds is 6. The Balaban J connectivity index is 2.97. The van der Waals surface area contributed by atoms with Crippen LogP contribution >= 0.6 is 0 Å². The number of unbranched alkanes of at least 4 members (excludes halogenated alkanes) is 5. The first-order valence-electron chi connectivity index (χ1n) is 4.76. The second kappa shape index (κ2) is 7.84. The summed E-state index contributed by atoms with van der Waals surface area (Å²) in [5.41, 5.74) is 1.21. The number of allylic oxidation sites excluding steroid dienone is 2. The fourth-order valence-corrected chi connectivity index (χ4v) is 1.10. The summed E-state index contributed by atoms with van der Waals surface area (Å²) >= 11 is 0. The molecule has 11 heavy (non-hydrogen) atoms. The monoisotopic (exact) mass is 153 g/mol. The van der Waals surface area contributed by atoms with Crippen LogP contribution in [0.4, 0.5) is 0 Å². The van der Waals surface area contributed by atoms with E-state index in [9.17, 15) is 0 Å². The van der Waals surface area contributed by atoms with Crippen molar-refractivity contribution in [1.82, 2.24) is 0 Å². The van der Waals surface area contributed by atoms with Gasteiger partial charge in [-0.1, -0.05) is 44.3 Å². The van der Waals surface area contributed by atoms with Gasteiger partial charge in [-0.05, 0) is 26.7 Å². The predicted molar refractivity (Wildman–Crippen MR) is 52.5 cm³/mol. The zero-order valence-corrected chi connectivity index (χ0v) is 8.03. The molecule has 0 bridgehead atoms. The SMILES string of the molecule is [CH2]C(C)=CCCCCCCC. The number of hydrogen-bond acceptors (Lipinski definition) is 0. The smallest absolute Gasteiger partial charge is 0.0286 e. The third-order valence-corrected chi connectivity index (χ3v) is 1.80. The highest BCUT2D eigenvalue weighted by atomic mass is 13.9. The van der Waals surface area contributed by atoms with Gasteiger partial charge in [-0.25, -0.2) is 0 Å². The molecule has 0 spiro atoms. The van der Waals surface area contributed by atoms with Crippen LogP contribution in [0, 0.1) is 6.92 Å². The lowest BCUT2D eigenvalue weighted by Gasteiger charge is -1.96. The molecule has 0 aliphatic heterocycles. The summed E-state index contributed by atoms with van der Waals surface area (Å²) < 4.78 is 0. The van der Waals surface area contributed by atoms with E-state index in [1.54, 1.807) is 0 Å². The second-order valence-electron chi connectivity index (χ2n) is 3.25. The van der Waals surface area contributed by atoms with Crippen molar-refractivity contribution in [2.24, 2.45) is 0 Å². The molecule has 0 fully saturated rings. The van der Waals surface area contributed by atoms with E-state index in [4.69, 9.17) is 0 Å². The molecule has 0 heteroatoms. The molecule has 0 aliphatic carbocycles. The van der Waals surface area contributed by atoms with E-state index in [1.165, 1.54) is 44.1 Å². The third kappa shape index (κ3) is 9.74. The van der Waals surface area contributed by atoms with Gasteiger partial charge in [0.1, 0.15) is 0 Å². The Kier molecular flexibility index (Phi) is 7.66. The normalized spacial score (nSPS) is 12.1. The standard InChI is InChI=1S/C11H21/c1-4-5-6-7-8-9-10-11(2)3/h10H,2,4-9H2,1,3H3. The molecule has 0 aromatic carbocycles. The maximum absolute atomic E-state index is 3.83. The van der Waals surface area contributed by atoms with Crippen molar-refractivity contribution < 1.29 is 0 Å². The fourth-order valence-electron chi connectivity index (χ4n) is 1.10. The van der Waals surface area contributed by atoms with Crippen molar-refractivity contribution in [3.05, 3.63) is 18.6 Å². The van der Waals surface area contributed by atoms with Crippen LogP contribution in [0.5, 0.6) is 0 Å². The van der Waals surface area contributed by atoms with Crippen molar-refractivity contribution in [3.8, 4) is 0 Å². The van der Waals surface area contributed by atoms with Gasteiger partial charge in [-0.2, -0.15) is 0 Å². The lowest BCUT2D eigenvalue weighted by molar-refractivity contribution is 0.637. The molecule has 0 N–H and O–H groups in total. The van der Waals surface area contributed by atoms with Crippen LogP contribution < -0.4 is 0 Å². The van der Waals surface area contributed by atoms with Crippen LogP contribution in [0.1, 0.15) is 52.4 Å². The molecule has 65 valence electrons. The first-order valence-corrected chi connectivity index (χ1v) is 4.76. The molecular weight excluding hydrogens is 132 g/mol. The Bertz CT molecular complexity index is 96.6. The van der Waals surface area contributed by atoms with Gasteiger partial charge in [-0.15, -0.1) is 0 Å². The molecule has 0 saturated carbocycles. The van der Waals surface area contributed by atoms with Crippen molar-refractivity contribution in [2.45, 2.75) is 52.4 Å². The molecule has 0 unspecified atom stereocenters. The minimum atomic E-state index is 1.21. The quantitative estimate of drug-likeness (QED) is 0.503. The van der Waals surface area contributed by atoms with Gasteiger partial charge < -0.3 is 0 Å². The largest absolute Gasteiger partial charge is 0.0856 e. The highest BCUT2D eigenvalue weighted by Crippen LogP contribution is 2.06. The fraction of sp³-hybridized carbons (Fsp3) is 0.727. The van der Waals surface area contributed by atoms with Gasteiger partial charge in [0.2, 0.25) is 0 Å². The van der Waals surface area contributed by atoms with E-state index in [0.29, 0.717) is 0 Å². The first kappa shape index (κ1) is 10.7. The summed E-state index contributed by atoms with van der Waals surface area (Å²) in [6, 6.07) is 0. The molecule has 0 nitrogen and oxygen atoms in total. The van der Waals surface area contributed by atoms with Gasteiger partial charge in [0, 0.05) is 0 Å². The predicted octanol–water partition coefficient (Wildman–Crippen LogP) is 4.13. The molecule has 0 heterocycles. The summed E-state index contributed by atoms with van der Waals surface area (Å²) in [6.07, 6.45) is 10.3. The zero-order chi connectivity index (χ0) is 8.53. The summed E-state index contributed by atoms with van der Waals surface area (Å²) in [6.45, 7) is 8.15. The second-order valence-corrected chi connectivity index (χ2v) is 3.25. The molecule has 0 aromatic heterocycles. The average Bonchev–Trinajstić information content (AvgIpc) is 1.96. The molecule has 0 rings (SSSR count). The van der Waals surface area contributed by atoms with Gasteiger partial charge in [0.25, 0.3) is 0 Å². The van der Waals surface area contributed by atoms with Gasteiger partial charge in [0.15, 0.2) is 0 Å². The van der Waals surface area contributed by atoms with Crippen molar-refractivity contribution in [1.29, 1.82) is 0 Å². The first-order chi connectivity index (χ1) is 5.27. The average molecular weight is 153 g/mol. The van der Waals surface area contributed by atoms with Crippen LogP contribution in [-0.4, -0.2) is 0 Å². The minimum Gasteiger partial charge on any atom is -0.0856 e. The van der Waals surface area contributed by atoms with E-state index in [-0.39, 0.29) is 0 Å². The Morgan fingerprint density at radius 2 is 1.82 bits per heavy atom. The Labute approximate surface area is 71.7 Å². The van der Waals surface area contributed by atoms with Crippen molar-refractivity contribution in [3.63, 3.8) is 0 Å². The van der Waals surface area contributed by atoms with E-state index in [2.05, 4.69) is 26.8 Å². The Morgan fingerprint density at radius 3 is 2.36 bits per heavy atom. The molecule has 0 amide bonds. The molecule has 0 aliphatic rings. The molecule has 0 saturated heterocycles. The maximum atomic E-state index is 3.83. The zero-order valence-electron chi connectivity index (χ0n) is 8.03. The third-order valence-electron chi connectivity index (χ3n) is 1.80. The van der Waals surface area contributed by atoms with Gasteiger partial charge in [0.05, 0.1) is 0 Å². The molecule has 0 aromatic rings. The highest BCUT2D eigenvalue weighted by molar-refractivity contribution is 5.00. The van der Waals surface area contributed by atoms with Crippen molar-refractivity contribution in [2.75, 3.05) is 0 Å². The summed E-state index contributed by atoms with van der Waals surface area (Å²) in [7, 11) is 0. The minimum absolute atomic E-state index is 1.21. The Hall–Kier alpha value is -0.260. The van der Waals surface area contributed by atoms with Crippen LogP contribution in [0.3, 0.4) is 0 Å². The maximum Gasteiger partial charge on any atom is -0.0286 e. The topological polar surface area (TPSA) is 0 Å². The number of hydrogen-bond donors (Lipinski definition) is 0. The molecule has 1 radical (unpaired) electrons. The van der Waals surface area contributed by atoms with Crippen molar-refractivity contribution >= 4 is 0 Å².